The van der Waals surface area contributed by atoms with Crippen LogP contribution in [0.5, 0.6) is 0 Å². The highest BCUT2D eigenvalue weighted by Crippen LogP contribution is 2.27. The quantitative estimate of drug-likeness (QED) is 0.802. The van der Waals surface area contributed by atoms with E-state index in [4.69, 9.17) is 11.6 Å². The molecule has 0 amide bonds. The molecule has 0 aromatic heterocycles. The molecule has 1 rings (SSSR count). The largest absolute Gasteiger partial charge is 0.371 e. The Morgan fingerprint density at radius 3 is 2.50 bits per heavy atom. The molecule has 102 valence electrons. The van der Waals surface area contributed by atoms with Crippen LogP contribution in [0.4, 0.5) is 5.69 Å². The predicted octanol–water partition coefficient (Wildman–Crippen LogP) is 4.07. The first-order valence-corrected chi connectivity index (χ1v) is 7.23. The Hall–Kier alpha value is -0.730. The van der Waals surface area contributed by atoms with Crippen LogP contribution >= 0.6 is 11.6 Å². The van der Waals surface area contributed by atoms with E-state index < -0.39 is 0 Å². The molecule has 0 atom stereocenters. The molecule has 18 heavy (non-hydrogen) atoms. The van der Waals surface area contributed by atoms with Crippen molar-refractivity contribution in [1.29, 1.82) is 0 Å². The molecule has 0 heterocycles. The summed E-state index contributed by atoms with van der Waals surface area (Å²) in [5, 5.41) is 4.26. The van der Waals surface area contributed by atoms with E-state index in [1.807, 2.05) is 0 Å². The predicted molar refractivity (Wildman–Crippen MR) is 81.6 cm³/mol. The van der Waals surface area contributed by atoms with Gasteiger partial charge in [-0.3, -0.25) is 0 Å². The SMILES string of the molecule is CCCN(CC)c1ccc(CNC(C)C)cc1Cl. The van der Waals surface area contributed by atoms with Gasteiger partial charge in [-0.15, -0.1) is 0 Å². The fourth-order valence-electron chi connectivity index (χ4n) is 1.96. The third-order valence-corrected chi connectivity index (χ3v) is 3.25. The molecule has 0 fully saturated rings. The highest BCUT2D eigenvalue weighted by atomic mass is 35.5. The maximum Gasteiger partial charge on any atom is 0.0642 e. The van der Waals surface area contributed by atoms with E-state index in [2.05, 4.69) is 56.1 Å². The van der Waals surface area contributed by atoms with E-state index in [-0.39, 0.29) is 0 Å². The maximum absolute atomic E-state index is 6.38. The second kappa shape index (κ2) is 7.65. The fraction of sp³-hybridized carbons (Fsp3) is 0.600. The number of hydrogen-bond donors (Lipinski definition) is 1. The van der Waals surface area contributed by atoms with Crippen LogP contribution in [-0.4, -0.2) is 19.1 Å². The van der Waals surface area contributed by atoms with Crippen LogP contribution in [0.1, 0.15) is 39.7 Å². The Morgan fingerprint density at radius 2 is 2.00 bits per heavy atom. The smallest absolute Gasteiger partial charge is 0.0642 e. The number of anilines is 1. The van der Waals surface area contributed by atoms with Crippen LogP contribution in [0.3, 0.4) is 0 Å². The normalized spacial score (nSPS) is 11.0. The first-order valence-electron chi connectivity index (χ1n) is 6.85. The van der Waals surface area contributed by atoms with Gasteiger partial charge in [-0.1, -0.05) is 38.4 Å². The Morgan fingerprint density at radius 1 is 1.28 bits per heavy atom. The lowest BCUT2D eigenvalue weighted by Gasteiger charge is -2.24. The van der Waals surface area contributed by atoms with Crippen molar-refractivity contribution >= 4 is 17.3 Å². The van der Waals surface area contributed by atoms with Crippen molar-refractivity contribution in [2.75, 3.05) is 18.0 Å². The molecule has 3 heteroatoms. The summed E-state index contributed by atoms with van der Waals surface area (Å²) in [6, 6.07) is 6.87. The van der Waals surface area contributed by atoms with E-state index in [9.17, 15) is 0 Å². The van der Waals surface area contributed by atoms with E-state index in [0.29, 0.717) is 6.04 Å². The average Bonchev–Trinajstić information content (AvgIpc) is 2.34. The number of halogens is 1. The molecular formula is C15H25ClN2. The number of nitrogens with zero attached hydrogens (tertiary/aromatic N) is 1. The highest BCUT2D eigenvalue weighted by molar-refractivity contribution is 6.33. The molecule has 0 saturated carbocycles. The van der Waals surface area contributed by atoms with Crippen molar-refractivity contribution in [3.63, 3.8) is 0 Å². The summed E-state index contributed by atoms with van der Waals surface area (Å²) >= 11 is 6.38. The number of hydrogen-bond acceptors (Lipinski definition) is 2. The topological polar surface area (TPSA) is 15.3 Å². The molecule has 0 aliphatic rings. The summed E-state index contributed by atoms with van der Waals surface area (Å²) in [6.07, 6.45) is 1.14. The summed E-state index contributed by atoms with van der Waals surface area (Å²) in [4.78, 5) is 2.32. The van der Waals surface area contributed by atoms with Crippen LogP contribution in [0.15, 0.2) is 18.2 Å². The third-order valence-electron chi connectivity index (χ3n) is 2.94. The van der Waals surface area contributed by atoms with Crippen molar-refractivity contribution in [3.05, 3.63) is 28.8 Å². The maximum atomic E-state index is 6.38. The minimum atomic E-state index is 0.496. The zero-order valence-corrected chi connectivity index (χ0v) is 12.7. The summed E-state index contributed by atoms with van der Waals surface area (Å²) in [5.41, 5.74) is 2.39. The molecule has 0 aliphatic carbocycles. The zero-order valence-electron chi connectivity index (χ0n) is 12.0. The number of rotatable bonds is 7. The summed E-state index contributed by atoms with van der Waals surface area (Å²) < 4.78 is 0. The van der Waals surface area contributed by atoms with Gasteiger partial charge in [0.1, 0.15) is 0 Å². The highest BCUT2D eigenvalue weighted by Gasteiger charge is 2.08. The first kappa shape index (κ1) is 15.3. The monoisotopic (exact) mass is 268 g/mol. The average molecular weight is 269 g/mol. The van der Waals surface area contributed by atoms with Crippen molar-refractivity contribution in [1.82, 2.24) is 5.32 Å². The Balaban J connectivity index is 2.78. The second-order valence-corrected chi connectivity index (χ2v) is 5.31. The number of benzene rings is 1. The molecule has 0 radical (unpaired) electrons. The standard InChI is InChI=1S/C15H25ClN2/c1-5-9-18(6-2)15-8-7-13(10-14(15)16)11-17-12(3)4/h7-8,10,12,17H,5-6,9,11H2,1-4H3. The van der Waals surface area contributed by atoms with Gasteiger partial charge in [-0.25, -0.2) is 0 Å². The summed E-state index contributed by atoms with van der Waals surface area (Å²) in [6.45, 7) is 11.6. The van der Waals surface area contributed by atoms with Crippen LogP contribution in [0.2, 0.25) is 5.02 Å². The van der Waals surface area contributed by atoms with E-state index in [0.717, 1.165) is 36.8 Å². The van der Waals surface area contributed by atoms with E-state index in [1.54, 1.807) is 0 Å². The second-order valence-electron chi connectivity index (χ2n) is 4.90. The van der Waals surface area contributed by atoms with E-state index in [1.165, 1.54) is 5.56 Å². The van der Waals surface area contributed by atoms with Crippen molar-refractivity contribution < 1.29 is 0 Å². The van der Waals surface area contributed by atoms with Crippen molar-refractivity contribution in [3.8, 4) is 0 Å². The van der Waals surface area contributed by atoms with Gasteiger partial charge in [0.15, 0.2) is 0 Å². The molecule has 1 N–H and O–H groups in total. The zero-order chi connectivity index (χ0) is 13.5. The van der Waals surface area contributed by atoms with Gasteiger partial charge in [-0.05, 0) is 31.0 Å². The minimum Gasteiger partial charge on any atom is -0.371 e. The Labute approximate surface area is 116 Å². The van der Waals surface area contributed by atoms with Crippen LogP contribution in [0.25, 0.3) is 0 Å². The molecule has 2 nitrogen and oxygen atoms in total. The summed E-state index contributed by atoms with van der Waals surface area (Å²) in [5.74, 6) is 0. The lowest BCUT2D eigenvalue weighted by Crippen LogP contribution is -2.24. The molecule has 1 aromatic carbocycles. The molecular weight excluding hydrogens is 244 g/mol. The van der Waals surface area contributed by atoms with Gasteiger partial charge in [0.2, 0.25) is 0 Å². The van der Waals surface area contributed by atoms with Gasteiger partial charge in [-0.2, -0.15) is 0 Å². The third kappa shape index (κ3) is 4.51. The minimum absolute atomic E-state index is 0.496. The van der Waals surface area contributed by atoms with Gasteiger partial charge < -0.3 is 10.2 Å². The van der Waals surface area contributed by atoms with Crippen molar-refractivity contribution in [2.45, 2.75) is 46.7 Å². The molecule has 0 saturated heterocycles. The molecule has 0 unspecified atom stereocenters. The summed E-state index contributed by atoms with van der Waals surface area (Å²) in [7, 11) is 0. The molecule has 1 aromatic rings. The molecule has 0 spiro atoms. The Bertz CT molecular complexity index is 364. The lowest BCUT2D eigenvalue weighted by atomic mass is 10.1. The first-order chi connectivity index (χ1) is 8.58. The lowest BCUT2D eigenvalue weighted by molar-refractivity contribution is 0.589. The van der Waals surface area contributed by atoms with Gasteiger partial charge in [0.25, 0.3) is 0 Å². The van der Waals surface area contributed by atoms with Crippen LogP contribution in [-0.2, 0) is 6.54 Å². The van der Waals surface area contributed by atoms with E-state index >= 15 is 0 Å². The van der Waals surface area contributed by atoms with Crippen LogP contribution in [0, 0.1) is 0 Å². The fourth-order valence-corrected chi connectivity index (χ4v) is 2.28. The number of nitrogens with one attached hydrogen (secondary N) is 1. The Kier molecular flexibility index (Phi) is 6.51. The van der Waals surface area contributed by atoms with Crippen molar-refractivity contribution in [2.24, 2.45) is 0 Å². The molecule has 0 aliphatic heterocycles. The van der Waals surface area contributed by atoms with Crippen LogP contribution < -0.4 is 10.2 Å². The van der Waals surface area contributed by atoms with Gasteiger partial charge >= 0.3 is 0 Å². The molecule has 0 bridgehead atoms. The van der Waals surface area contributed by atoms with Gasteiger partial charge in [0, 0.05) is 25.7 Å². The van der Waals surface area contributed by atoms with Gasteiger partial charge in [0.05, 0.1) is 10.7 Å².